The third kappa shape index (κ3) is 8.25. The summed E-state index contributed by atoms with van der Waals surface area (Å²) >= 11 is 0. The van der Waals surface area contributed by atoms with Crippen LogP contribution in [0.25, 0.3) is 11.4 Å². The van der Waals surface area contributed by atoms with E-state index < -0.39 is 7.92 Å². The zero-order valence-corrected chi connectivity index (χ0v) is 32.5. The Labute approximate surface area is 313 Å². The Morgan fingerprint density at radius 3 is 1.31 bits per heavy atom. The molecular weight excluding hydrogens is 674 g/mol. The summed E-state index contributed by atoms with van der Waals surface area (Å²) in [6.45, 7) is 0. The molecule has 52 heavy (non-hydrogen) atoms. The van der Waals surface area contributed by atoms with Crippen molar-refractivity contribution >= 4 is 37.3 Å². The molecule has 0 unspecified atom stereocenters. The Bertz CT molecular complexity index is 1900. The molecule has 6 heteroatoms. The third-order valence-electron chi connectivity index (χ3n) is 10.6. The van der Waals surface area contributed by atoms with E-state index in [9.17, 15) is 0 Å². The van der Waals surface area contributed by atoms with Gasteiger partial charge in [0.05, 0.1) is 31.0 Å². The highest BCUT2D eigenvalue weighted by Gasteiger charge is 2.34. The van der Waals surface area contributed by atoms with E-state index in [2.05, 4.69) is 143 Å². The predicted octanol–water partition coefficient (Wildman–Crippen LogP) is 10.5. The van der Waals surface area contributed by atoms with Crippen molar-refractivity contribution in [3.63, 3.8) is 0 Å². The van der Waals surface area contributed by atoms with Crippen LogP contribution in [-0.2, 0) is 0 Å². The molecule has 2 fully saturated rings. The monoisotopic (exact) mass is 726 g/mol. The number of para-hydroxylation sites is 4. The lowest BCUT2D eigenvalue weighted by Gasteiger charge is -2.39. The first kappa shape index (κ1) is 36.3. The average molecular weight is 727 g/mol. The van der Waals surface area contributed by atoms with E-state index in [0.717, 1.165) is 28.5 Å². The highest BCUT2D eigenvalue weighted by atomic mass is 31.1. The first-order valence-electron chi connectivity index (χ1n) is 19.1. The minimum Gasteiger partial charge on any atom is -0.495 e. The standard InChI is InChI=1S/C23H32NOP.C23H20NOP/c2*1-25-22-16-9-8-15-21(22)24-18-10-17-23(24)26(19-11-4-2-5-12-19)20-13-6-3-7-14-20/h8-10,15-20H,2-7,11-14H2,1H3;2-18H,1H3. The van der Waals surface area contributed by atoms with Crippen LogP contribution in [0.1, 0.15) is 64.2 Å². The van der Waals surface area contributed by atoms with E-state index in [0.29, 0.717) is 0 Å². The van der Waals surface area contributed by atoms with Gasteiger partial charge in [-0.05, 0) is 96.1 Å². The van der Waals surface area contributed by atoms with Gasteiger partial charge in [-0.25, -0.2) is 0 Å². The number of hydrogen-bond acceptors (Lipinski definition) is 2. The zero-order valence-electron chi connectivity index (χ0n) is 30.7. The Kier molecular flexibility index (Phi) is 12.6. The summed E-state index contributed by atoms with van der Waals surface area (Å²) < 4.78 is 16.0. The van der Waals surface area contributed by atoms with Crippen LogP contribution in [0.5, 0.6) is 11.5 Å². The van der Waals surface area contributed by atoms with E-state index in [-0.39, 0.29) is 7.92 Å². The summed E-state index contributed by atoms with van der Waals surface area (Å²) in [4.78, 5) is 0. The van der Waals surface area contributed by atoms with Gasteiger partial charge in [0.1, 0.15) is 11.5 Å². The molecule has 2 aliphatic carbocycles. The molecule has 4 nitrogen and oxygen atoms in total. The summed E-state index contributed by atoms with van der Waals surface area (Å²) in [6, 6.07) is 47.1. The Morgan fingerprint density at radius 2 is 0.846 bits per heavy atom. The third-order valence-corrected chi connectivity index (χ3v) is 16.6. The molecule has 0 spiro atoms. The van der Waals surface area contributed by atoms with Crippen LogP contribution in [0.15, 0.2) is 146 Å². The number of benzene rings is 4. The average Bonchev–Trinajstić information content (AvgIpc) is 3.91. The molecule has 2 aliphatic rings. The van der Waals surface area contributed by atoms with Crippen LogP contribution in [0.2, 0.25) is 0 Å². The SMILES string of the molecule is COc1ccccc1-n1cccc1P(C1CCCCC1)C1CCCCC1.COc1ccccc1-n1cccc1P(c1ccccc1)c1ccccc1. The molecule has 2 heterocycles. The molecule has 2 aromatic heterocycles. The molecule has 0 atom stereocenters. The van der Waals surface area contributed by atoms with Gasteiger partial charge in [0.25, 0.3) is 0 Å². The zero-order chi connectivity index (χ0) is 35.5. The van der Waals surface area contributed by atoms with E-state index >= 15 is 0 Å². The number of ether oxygens (including phenoxy) is 2. The highest BCUT2D eigenvalue weighted by Crippen LogP contribution is 2.55. The van der Waals surface area contributed by atoms with Crippen LogP contribution in [-0.4, -0.2) is 34.7 Å². The van der Waals surface area contributed by atoms with Crippen molar-refractivity contribution in [2.24, 2.45) is 0 Å². The van der Waals surface area contributed by atoms with Crippen LogP contribution in [0, 0.1) is 0 Å². The summed E-state index contributed by atoms with van der Waals surface area (Å²) in [5.41, 5.74) is 6.98. The lowest BCUT2D eigenvalue weighted by atomic mass is 9.99. The van der Waals surface area contributed by atoms with Gasteiger partial charge in [0.2, 0.25) is 0 Å². The number of hydrogen-bond donors (Lipinski definition) is 0. The molecule has 2 saturated carbocycles. The maximum Gasteiger partial charge on any atom is 0.142 e. The molecule has 0 amide bonds. The molecule has 0 aliphatic heterocycles. The Morgan fingerprint density at radius 1 is 0.442 bits per heavy atom. The van der Waals surface area contributed by atoms with Crippen molar-refractivity contribution in [3.05, 3.63) is 146 Å². The fourth-order valence-corrected chi connectivity index (χ4v) is 14.4. The minimum atomic E-state index is -0.663. The quantitative estimate of drug-likeness (QED) is 0.132. The molecule has 0 radical (unpaired) electrons. The van der Waals surface area contributed by atoms with Crippen LogP contribution in [0.4, 0.5) is 0 Å². The van der Waals surface area contributed by atoms with Gasteiger partial charge in [-0.1, -0.05) is 131 Å². The van der Waals surface area contributed by atoms with E-state index in [1.54, 1.807) is 19.7 Å². The lowest BCUT2D eigenvalue weighted by molar-refractivity contribution is 0.413. The van der Waals surface area contributed by atoms with Gasteiger partial charge in [-0.3, -0.25) is 0 Å². The van der Waals surface area contributed by atoms with Gasteiger partial charge < -0.3 is 18.6 Å². The van der Waals surface area contributed by atoms with E-state index in [4.69, 9.17) is 9.47 Å². The van der Waals surface area contributed by atoms with Crippen molar-refractivity contribution in [2.75, 3.05) is 14.2 Å². The van der Waals surface area contributed by atoms with Crippen LogP contribution < -0.4 is 31.0 Å². The summed E-state index contributed by atoms with van der Waals surface area (Å²) in [5, 5.41) is 2.67. The Hall–Kier alpha value is -4.10. The predicted molar refractivity (Wildman–Crippen MR) is 224 cm³/mol. The summed E-state index contributed by atoms with van der Waals surface area (Å²) in [7, 11) is 2.73. The van der Waals surface area contributed by atoms with Gasteiger partial charge in [-0.2, -0.15) is 0 Å². The molecular formula is C46H52N2O2P2. The van der Waals surface area contributed by atoms with Gasteiger partial charge >= 0.3 is 0 Å². The van der Waals surface area contributed by atoms with Crippen molar-refractivity contribution in [3.8, 4) is 22.9 Å². The second-order valence-electron chi connectivity index (χ2n) is 13.8. The molecule has 0 saturated heterocycles. The first-order valence-corrected chi connectivity index (χ1v) is 21.9. The molecule has 0 N–H and O–H groups in total. The van der Waals surface area contributed by atoms with E-state index in [1.807, 2.05) is 12.1 Å². The fraction of sp³-hybridized carbons (Fsp3) is 0.304. The van der Waals surface area contributed by atoms with Gasteiger partial charge in [0, 0.05) is 25.8 Å². The maximum absolute atomic E-state index is 5.68. The largest absolute Gasteiger partial charge is 0.495 e. The topological polar surface area (TPSA) is 28.3 Å². The number of rotatable bonds is 10. The van der Waals surface area contributed by atoms with Crippen LogP contribution >= 0.6 is 15.8 Å². The molecule has 6 aromatic rings. The highest BCUT2D eigenvalue weighted by molar-refractivity contribution is 7.79. The van der Waals surface area contributed by atoms with Crippen molar-refractivity contribution < 1.29 is 9.47 Å². The molecule has 8 rings (SSSR count). The molecule has 4 aromatic carbocycles. The molecule has 268 valence electrons. The fourth-order valence-electron chi connectivity index (χ4n) is 8.16. The van der Waals surface area contributed by atoms with Crippen molar-refractivity contribution in [2.45, 2.75) is 75.5 Å². The van der Waals surface area contributed by atoms with Gasteiger partial charge in [-0.15, -0.1) is 0 Å². The Balaban J connectivity index is 0.000000162. The second kappa shape index (κ2) is 18.1. The first-order chi connectivity index (χ1) is 25.8. The number of methoxy groups -OCH3 is 2. The molecule has 0 bridgehead atoms. The number of aromatic nitrogens is 2. The summed E-state index contributed by atoms with van der Waals surface area (Å²) in [6.07, 6.45) is 18.8. The van der Waals surface area contributed by atoms with Gasteiger partial charge in [0.15, 0.2) is 0 Å². The lowest BCUT2D eigenvalue weighted by Crippen LogP contribution is -2.29. The van der Waals surface area contributed by atoms with E-state index in [1.165, 1.54) is 85.9 Å². The smallest absolute Gasteiger partial charge is 0.142 e. The maximum atomic E-state index is 5.68. The normalized spacial score (nSPS) is 15.3. The number of nitrogens with zero attached hydrogens (tertiary/aromatic N) is 2. The van der Waals surface area contributed by atoms with Crippen LogP contribution in [0.3, 0.4) is 0 Å². The minimum absolute atomic E-state index is 0.109. The second-order valence-corrected chi connectivity index (χ2v) is 18.7. The summed E-state index contributed by atoms with van der Waals surface area (Å²) in [5.74, 6) is 1.85. The van der Waals surface area contributed by atoms with Crippen molar-refractivity contribution in [1.82, 2.24) is 9.13 Å². The van der Waals surface area contributed by atoms with Crippen molar-refractivity contribution in [1.29, 1.82) is 0 Å².